The minimum absolute atomic E-state index is 0.187. The Morgan fingerprint density at radius 3 is 2.18 bits per heavy atom. The van der Waals surface area contributed by atoms with Gasteiger partial charge in [-0.25, -0.2) is 4.79 Å². The highest BCUT2D eigenvalue weighted by molar-refractivity contribution is 6.23. The van der Waals surface area contributed by atoms with Crippen molar-refractivity contribution in [2.75, 3.05) is 38.2 Å². The van der Waals surface area contributed by atoms with Crippen molar-refractivity contribution in [1.82, 2.24) is 0 Å². The molecule has 0 aromatic heterocycles. The van der Waals surface area contributed by atoms with Gasteiger partial charge in [-0.05, 0) is 67.1 Å². The quantitative estimate of drug-likeness (QED) is 0.320. The van der Waals surface area contributed by atoms with Gasteiger partial charge in [-0.2, -0.15) is 0 Å². The van der Waals surface area contributed by atoms with E-state index in [2.05, 4.69) is 5.32 Å². The molecule has 1 aliphatic rings. The minimum Gasteiger partial charge on any atom is -0.497 e. The maximum absolute atomic E-state index is 13.4. The number of anilines is 2. The fraction of sp³-hybridized carbons (Fsp3) is 0.167. The van der Waals surface area contributed by atoms with Crippen molar-refractivity contribution in [3.63, 3.8) is 0 Å². The number of carbonyl (C=O) groups is 3. The molecule has 3 aromatic rings. The number of rotatable bonds is 9. The molecule has 3 aromatic carbocycles. The smallest absolute Gasteiger partial charge is 0.340 e. The summed E-state index contributed by atoms with van der Waals surface area (Å²) in [5, 5.41) is 2.75. The van der Waals surface area contributed by atoms with Gasteiger partial charge in [0.15, 0.2) is 6.61 Å². The van der Waals surface area contributed by atoms with E-state index in [0.29, 0.717) is 39.9 Å². The number of nitrogens with one attached hydrogen (secondary N) is 1. The molecule has 0 radical (unpaired) electrons. The summed E-state index contributed by atoms with van der Waals surface area (Å²) in [6, 6.07) is 20.9. The Bertz CT molecular complexity index is 1440. The third-order valence-electron chi connectivity index (χ3n) is 6.06. The summed E-state index contributed by atoms with van der Waals surface area (Å²) in [5.41, 5.74) is 2.66. The number of nitrogens with zero attached hydrogens (tertiary/aromatic N) is 1. The van der Waals surface area contributed by atoms with E-state index in [-0.39, 0.29) is 29.6 Å². The predicted molar refractivity (Wildman–Crippen MR) is 147 cm³/mol. The molecule has 1 N–H and O–H groups in total. The lowest BCUT2D eigenvalue weighted by Gasteiger charge is -2.18. The van der Waals surface area contributed by atoms with Crippen molar-refractivity contribution < 1.29 is 33.3 Å². The molecule has 0 fully saturated rings. The van der Waals surface area contributed by atoms with Crippen molar-refractivity contribution in [3.8, 4) is 17.2 Å². The van der Waals surface area contributed by atoms with Crippen LogP contribution in [0.3, 0.4) is 0 Å². The molecule has 0 saturated heterocycles. The summed E-state index contributed by atoms with van der Waals surface area (Å²) < 4.78 is 21.0. The number of hydrogen-bond acceptors (Lipinski definition) is 7. The van der Waals surface area contributed by atoms with Gasteiger partial charge in [-0.1, -0.05) is 24.3 Å². The van der Waals surface area contributed by atoms with E-state index < -0.39 is 5.97 Å². The van der Waals surface area contributed by atoms with Gasteiger partial charge in [0.05, 0.1) is 38.2 Å². The molecule has 2 amide bonds. The molecule has 0 unspecified atom stereocenters. The number of methoxy groups -OCH3 is 3. The Morgan fingerprint density at radius 2 is 1.54 bits per heavy atom. The van der Waals surface area contributed by atoms with E-state index in [0.717, 1.165) is 0 Å². The lowest BCUT2D eigenvalue weighted by atomic mass is 10.0. The number of carbonyl (C=O) groups excluding carboxylic acids is 3. The van der Waals surface area contributed by atoms with Crippen molar-refractivity contribution in [2.24, 2.45) is 0 Å². The van der Waals surface area contributed by atoms with Crippen LogP contribution >= 0.6 is 0 Å². The van der Waals surface area contributed by atoms with Crippen LogP contribution in [0.25, 0.3) is 6.08 Å². The average Bonchev–Trinajstić information content (AvgIpc) is 3.21. The van der Waals surface area contributed by atoms with Gasteiger partial charge < -0.3 is 24.3 Å². The Labute approximate surface area is 226 Å². The summed E-state index contributed by atoms with van der Waals surface area (Å²) in [4.78, 5) is 39.9. The number of amides is 2. The summed E-state index contributed by atoms with van der Waals surface area (Å²) >= 11 is 0. The summed E-state index contributed by atoms with van der Waals surface area (Å²) in [6.45, 7) is 1.49. The molecule has 0 bridgehead atoms. The number of esters is 1. The molecular formula is C30H28N2O7. The lowest BCUT2D eigenvalue weighted by molar-refractivity contribution is -0.136. The third-order valence-corrected chi connectivity index (χ3v) is 6.06. The largest absolute Gasteiger partial charge is 0.497 e. The first kappa shape index (κ1) is 27.0. The minimum atomic E-state index is -0.607. The van der Waals surface area contributed by atoms with Gasteiger partial charge in [0, 0.05) is 11.4 Å². The zero-order valence-corrected chi connectivity index (χ0v) is 22.0. The summed E-state index contributed by atoms with van der Waals surface area (Å²) in [6.07, 6.45) is 1.62. The fourth-order valence-corrected chi connectivity index (χ4v) is 4.13. The molecule has 200 valence electrons. The Morgan fingerprint density at radius 1 is 0.872 bits per heavy atom. The predicted octanol–water partition coefficient (Wildman–Crippen LogP) is 4.60. The van der Waals surface area contributed by atoms with Crippen LogP contribution in [0.1, 0.15) is 12.5 Å². The number of benzene rings is 3. The van der Waals surface area contributed by atoms with Crippen LogP contribution in [0, 0.1) is 0 Å². The number of para-hydroxylation sites is 2. The average molecular weight is 529 g/mol. The van der Waals surface area contributed by atoms with Gasteiger partial charge in [-0.3, -0.25) is 14.5 Å². The molecule has 4 rings (SSSR count). The van der Waals surface area contributed by atoms with Gasteiger partial charge in [0.2, 0.25) is 0 Å². The molecule has 0 aliphatic carbocycles. The molecule has 1 aliphatic heterocycles. The highest BCUT2D eigenvalue weighted by atomic mass is 16.5. The third kappa shape index (κ3) is 5.93. The van der Waals surface area contributed by atoms with Gasteiger partial charge in [-0.15, -0.1) is 0 Å². The number of ether oxygens (including phenoxy) is 4. The standard InChI is InChI=1S/C30H28N2O7/c1-19-28(30(35)38-4)24(29(34)32(19)21-11-15-22(36-2)16-12-21)17-20-9-13-23(14-10-20)39-18-27(33)31-25-7-5-6-8-26(25)37-3/h5-17H,18H2,1-4H3,(H,31,33)/b24-17-. The first-order valence-corrected chi connectivity index (χ1v) is 12.0. The zero-order chi connectivity index (χ0) is 27.9. The zero-order valence-electron chi connectivity index (χ0n) is 22.0. The normalized spacial score (nSPS) is 13.9. The van der Waals surface area contributed by atoms with Crippen LogP contribution in [-0.4, -0.2) is 45.7 Å². The summed E-state index contributed by atoms with van der Waals surface area (Å²) in [5.74, 6) is 0.353. The summed E-state index contributed by atoms with van der Waals surface area (Å²) in [7, 11) is 4.36. The molecule has 0 atom stereocenters. The Hall–Kier alpha value is -5.05. The fourth-order valence-electron chi connectivity index (χ4n) is 4.13. The van der Waals surface area contributed by atoms with Gasteiger partial charge in [0.1, 0.15) is 17.2 Å². The SMILES string of the molecule is COC(=O)C1=C(C)N(c2ccc(OC)cc2)C(=O)/C1=C\c1ccc(OCC(=O)Nc2ccccc2OC)cc1. The molecule has 1 heterocycles. The van der Waals surface area contributed by atoms with Crippen LogP contribution in [0.2, 0.25) is 0 Å². The first-order chi connectivity index (χ1) is 18.9. The van der Waals surface area contributed by atoms with E-state index >= 15 is 0 Å². The molecule has 0 spiro atoms. The van der Waals surface area contributed by atoms with Gasteiger partial charge >= 0.3 is 5.97 Å². The van der Waals surface area contributed by atoms with Gasteiger partial charge in [0.25, 0.3) is 11.8 Å². The van der Waals surface area contributed by atoms with Crippen molar-refractivity contribution in [2.45, 2.75) is 6.92 Å². The lowest BCUT2D eigenvalue weighted by Crippen LogP contribution is -2.24. The van der Waals surface area contributed by atoms with E-state index in [1.54, 1.807) is 86.8 Å². The van der Waals surface area contributed by atoms with Crippen molar-refractivity contribution in [3.05, 3.63) is 95.2 Å². The second-order valence-corrected chi connectivity index (χ2v) is 8.45. The number of hydrogen-bond donors (Lipinski definition) is 1. The van der Waals surface area contributed by atoms with Crippen LogP contribution in [0.5, 0.6) is 17.2 Å². The van der Waals surface area contributed by atoms with E-state index in [4.69, 9.17) is 18.9 Å². The van der Waals surface area contributed by atoms with Crippen LogP contribution in [-0.2, 0) is 19.1 Å². The maximum atomic E-state index is 13.4. The maximum Gasteiger partial charge on any atom is 0.340 e. The van der Waals surface area contributed by atoms with Crippen LogP contribution in [0.15, 0.2) is 89.6 Å². The van der Waals surface area contributed by atoms with Crippen LogP contribution in [0.4, 0.5) is 11.4 Å². The topological polar surface area (TPSA) is 103 Å². The molecule has 9 heteroatoms. The van der Waals surface area contributed by atoms with Crippen molar-refractivity contribution >= 4 is 35.2 Å². The highest BCUT2D eigenvalue weighted by Crippen LogP contribution is 2.36. The Kier molecular flexibility index (Phi) is 8.30. The van der Waals surface area contributed by atoms with E-state index in [1.165, 1.54) is 19.1 Å². The van der Waals surface area contributed by atoms with Crippen LogP contribution < -0.4 is 24.4 Å². The second-order valence-electron chi connectivity index (χ2n) is 8.45. The van der Waals surface area contributed by atoms with E-state index in [9.17, 15) is 14.4 Å². The highest BCUT2D eigenvalue weighted by Gasteiger charge is 2.37. The Balaban J connectivity index is 1.50. The molecule has 39 heavy (non-hydrogen) atoms. The monoisotopic (exact) mass is 528 g/mol. The van der Waals surface area contributed by atoms with E-state index in [1.807, 2.05) is 6.07 Å². The number of allylic oxidation sites excluding steroid dienone is 1. The van der Waals surface area contributed by atoms with Crippen molar-refractivity contribution in [1.29, 1.82) is 0 Å². The first-order valence-electron chi connectivity index (χ1n) is 12.0. The molecular weight excluding hydrogens is 500 g/mol. The second kappa shape index (κ2) is 12.0. The molecule has 9 nitrogen and oxygen atoms in total. The molecule has 0 saturated carbocycles.